The van der Waals surface area contributed by atoms with Crippen LogP contribution in [-0.2, 0) is 4.74 Å². The van der Waals surface area contributed by atoms with Crippen LogP contribution in [-0.4, -0.2) is 50.7 Å². The van der Waals surface area contributed by atoms with Gasteiger partial charge in [0, 0.05) is 22.3 Å². The Balaban J connectivity index is 2.45. The van der Waals surface area contributed by atoms with Gasteiger partial charge in [0.05, 0.1) is 18.5 Å². The first-order chi connectivity index (χ1) is 13.7. The Hall–Kier alpha value is -3.21. The maximum atomic E-state index is 11.5. The van der Waals surface area contributed by atoms with Gasteiger partial charge in [-0.2, -0.15) is 0 Å². The highest BCUT2D eigenvalue weighted by molar-refractivity contribution is 7.99. The first-order valence-corrected chi connectivity index (χ1v) is 9.64. The van der Waals surface area contributed by atoms with E-state index in [1.807, 2.05) is 6.07 Å². The van der Waals surface area contributed by atoms with E-state index in [2.05, 4.69) is 34.5 Å². The van der Waals surface area contributed by atoms with Crippen LogP contribution in [0, 0.1) is 0 Å². The minimum absolute atomic E-state index is 0.208. The zero-order valence-electron chi connectivity index (χ0n) is 16.2. The van der Waals surface area contributed by atoms with E-state index < -0.39 is 18.5 Å². The van der Waals surface area contributed by atoms with E-state index in [1.165, 1.54) is 16.7 Å². The number of ether oxygens (including phenoxy) is 1. The Bertz CT molecular complexity index is 853. The molecule has 11 heteroatoms. The van der Waals surface area contributed by atoms with Gasteiger partial charge in [-0.15, -0.1) is 11.8 Å². The van der Waals surface area contributed by atoms with Gasteiger partial charge in [0.1, 0.15) is 0 Å². The molecule has 6 N–H and O–H groups in total. The summed E-state index contributed by atoms with van der Waals surface area (Å²) in [4.78, 5) is 23.5. The Morgan fingerprint density at radius 3 is 2.38 bits per heavy atom. The molecule has 0 aliphatic rings. The molecule has 2 unspecified atom stereocenters. The van der Waals surface area contributed by atoms with E-state index in [1.54, 1.807) is 23.9 Å². The van der Waals surface area contributed by atoms with Crippen molar-refractivity contribution in [1.29, 1.82) is 0 Å². The van der Waals surface area contributed by atoms with Gasteiger partial charge in [-0.1, -0.05) is 13.8 Å². The van der Waals surface area contributed by atoms with Crippen molar-refractivity contribution in [2.24, 2.45) is 0 Å². The molecule has 2 atom stereocenters. The Labute approximate surface area is 171 Å². The number of hydrogen-bond donors (Lipinski definition) is 6. The number of nitrogens with zero attached hydrogens (tertiary/aromatic N) is 1. The first kappa shape index (κ1) is 22.1. The third-order valence-corrected chi connectivity index (χ3v) is 5.24. The number of anilines is 1. The SMILES string of the molecule is CCC(C)Sc1ccc(NC(NC(=O)O)NC(=O)OC)c(-n2c(O)ccc2O)c1. The molecule has 1 aromatic carbocycles. The Kier molecular flexibility index (Phi) is 7.48. The number of aromatic hydroxyl groups is 2. The van der Waals surface area contributed by atoms with Crippen molar-refractivity contribution in [3.8, 4) is 17.4 Å². The minimum atomic E-state index is -1.38. The summed E-state index contributed by atoms with van der Waals surface area (Å²) in [7, 11) is 1.15. The number of carbonyl (C=O) groups is 2. The maximum absolute atomic E-state index is 11.5. The molecule has 0 saturated carbocycles. The molecule has 0 aliphatic carbocycles. The number of nitrogens with one attached hydrogen (secondary N) is 3. The summed E-state index contributed by atoms with van der Waals surface area (Å²) < 4.78 is 5.70. The quantitative estimate of drug-likeness (QED) is 0.280. The van der Waals surface area contributed by atoms with Crippen molar-refractivity contribution in [1.82, 2.24) is 15.2 Å². The molecule has 1 aromatic heterocycles. The number of benzene rings is 1. The van der Waals surface area contributed by atoms with Crippen molar-refractivity contribution in [2.45, 2.75) is 36.7 Å². The van der Waals surface area contributed by atoms with Crippen LogP contribution in [0.4, 0.5) is 15.3 Å². The Morgan fingerprint density at radius 1 is 1.17 bits per heavy atom. The zero-order chi connectivity index (χ0) is 21.6. The fourth-order valence-corrected chi connectivity index (χ4v) is 3.39. The predicted molar refractivity (Wildman–Crippen MR) is 109 cm³/mol. The van der Waals surface area contributed by atoms with Gasteiger partial charge in [-0.05, 0) is 24.6 Å². The molecule has 0 bridgehead atoms. The van der Waals surface area contributed by atoms with E-state index in [4.69, 9.17) is 5.11 Å². The third-order valence-electron chi connectivity index (χ3n) is 3.98. The summed E-state index contributed by atoms with van der Waals surface area (Å²) in [6, 6.07) is 7.87. The van der Waals surface area contributed by atoms with Gasteiger partial charge in [-0.3, -0.25) is 10.6 Å². The molecule has 2 rings (SSSR count). The summed E-state index contributed by atoms with van der Waals surface area (Å²) >= 11 is 1.62. The van der Waals surface area contributed by atoms with Crippen LogP contribution >= 0.6 is 11.8 Å². The molecule has 0 saturated heterocycles. The fourth-order valence-electron chi connectivity index (χ4n) is 2.43. The Morgan fingerprint density at radius 2 is 1.83 bits per heavy atom. The van der Waals surface area contributed by atoms with E-state index >= 15 is 0 Å². The second-order valence-corrected chi connectivity index (χ2v) is 7.58. The summed E-state index contributed by atoms with van der Waals surface area (Å²) in [5.41, 5.74) is 0.706. The number of hydrogen-bond acceptors (Lipinski definition) is 7. The molecule has 0 radical (unpaired) electrons. The van der Waals surface area contributed by atoms with E-state index in [0.717, 1.165) is 18.4 Å². The van der Waals surface area contributed by atoms with Crippen molar-refractivity contribution in [3.63, 3.8) is 0 Å². The van der Waals surface area contributed by atoms with Gasteiger partial charge in [-0.25, -0.2) is 14.2 Å². The summed E-state index contributed by atoms with van der Waals surface area (Å²) in [5, 5.41) is 36.9. The lowest BCUT2D eigenvalue weighted by Gasteiger charge is -2.23. The van der Waals surface area contributed by atoms with Gasteiger partial charge >= 0.3 is 12.2 Å². The van der Waals surface area contributed by atoms with Gasteiger partial charge < -0.3 is 25.4 Å². The largest absolute Gasteiger partial charge is 0.494 e. The first-order valence-electron chi connectivity index (χ1n) is 8.76. The van der Waals surface area contributed by atoms with E-state index in [9.17, 15) is 19.8 Å². The van der Waals surface area contributed by atoms with E-state index in [-0.39, 0.29) is 11.8 Å². The molecule has 158 valence electrons. The molecule has 1 heterocycles. The van der Waals surface area contributed by atoms with Gasteiger partial charge in [0.25, 0.3) is 0 Å². The molecule has 2 aromatic rings. The number of thioether (sulfide) groups is 1. The fraction of sp³-hybridized carbons (Fsp3) is 0.333. The standard InChI is InChI=1S/C18H24N4O6S/c1-4-10(2)29-11-5-6-12(13(9-11)22-14(23)7-8-15(22)24)19-16(20-17(25)26)21-18(27)28-3/h5-10,16,19-20,23-24H,4H2,1-3H3,(H,21,27)(H,25,26). The second kappa shape index (κ2) is 9.82. The van der Waals surface area contributed by atoms with Crippen LogP contribution in [0.5, 0.6) is 11.8 Å². The van der Waals surface area contributed by atoms with E-state index in [0.29, 0.717) is 16.6 Å². The number of carboxylic acid groups (broad SMARTS) is 1. The number of carbonyl (C=O) groups excluding carboxylic acids is 1. The summed E-state index contributed by atoms with van der Waals surface area (Å²) in [5.74, 6) is -0.417. The summed E-state index contributed by atoms with van der Waals surface area (Å²) in [6.45, 7) is 4.15. The van der Waals surface area contributed by atoms with Crippen LogP contribution in [0.1, 0.15) is 20.3 Å². The monoisotopic (exact) mass is 424 g/mol. The van der Waals surface area contributed by atoms with Crippen LogP contribution < -0.4 is 16.0 Å². The number of rotatable bonds is 8. The highest BCUT2D eigenvalue weighted by Gasteiger charge is 2.19. The lowest BCUT2D eigenvalue weighted by Crippen LogP contribution is -2.52. The number of amides is 2. The lowest BCUT2D eigenvalue weighted by atomic mass is 10.2. The number of aromatic nitrogens is 1. The molecular weight excluding hydrogens is 400 g/mol. The molecule has 0 aliphatic heterocycles. The molecule has 0 fully saturated rings. The zero-order valence-corrected chi connectivity index (χ0v) is 17.0. The number of methoxy groups -OCH3 is 1. The topological polar surface area (TPSA) is 145 Å². The normalized spacial score (nSPS) is 12.7. The molecule has 29 heavy (non-hydrogen) atoms. The number of alkyl carbamates (subject to hydrolysis) is 1. The van der Waals surface area contributed by atoms with Crippen molar-refractivity contribution < 1.29 is 29.6 Å². The van der Waals surface area contributed by atoms with Crippen LogP contribution in [0.2, 0.25) is 0 Å². The molecule has 0 spiro atoms. The third kappa shape index (κ3) is 5.88. The maximum Gasteiger partial charge on any atom is 0.409 e. The lowest BCUT2D eigenvalue weighted by molar-refractivity contribution is 0.162. The second-order valence-electron chi connectivity index (χ2n) is 6.06. The predicted octanol–water partition coefficient (Wildman–Crippen LogP) is 3.10. The van der Waals surface area contributed by atoms with Crippen LogP contribution in [0.15, 0.2) is 35.2 Å². The minimum Gasteiger partial charge on any atom is -0.494 e. The van der Waals surface area contributed by atoms with Gasteiger partial charge in [0.2, 0.25) is 0 Å². The highest BCUT2D eigenvalue weighted by Crippen LogP contribution is 2.35. The van der Waals surface area contributed by atoms with Crippen molar-refractivity contribution in [3.05, 3.63) is 30.3 Å². The smallest absolute Gasteiger partial charge is 0.409 e. The average molecular weight is 424 g/mol. The summed E-state index contributed by atoms with van der Waals surface area (Å²) in [6.07, 6.45) is -2.51. The molecule has 10 nitrogen and oxygen atoms in total. The van der Waals surface area contributed by atoms with Crippen LogP contribution in [0.3, 0.4) is 0 Å². The molecular formula is C18H24N4O6S. The highest BCUT2D eigenvalue weighted by atomic mass is 32.2. The van der Waals surface area contributed by atoms with Crippen LogP contribution in [0.25, 0.3) is 5.69 Å². The van der Waals surface area contributed by atoms with Crippen molar-refractivity contribution in [2.75, 3.05) is 12.4 Å². The van der Waals surface area contributed by atoms with Gasteiger partial charge in [0.15, 0.2) is 18.0 Å². The average Bonchev–Trinajstić information content (AvgIpc) is 3.00. The molecule has 2 amide bonds. The van der Waals surface area contributed by atoms with Crippen molar-refractivity contribution >= 4 is 29.6 Å².